The van der Waals surface area contributed by atoms with E-state index in [1.165, 1.54) is 0 Å². The fourth-order valence-electron chi connectivity index (χ4n) is 3.60. The molecule has 152 valence electrons. The summed E-state index contributed by atoms with van der Waals surface area (Å²) < 4.78 is 1.76. The van der Waals surface area contributed by atoms with Gasteiger partial charge in [0.1, 0.15) is 0 Å². The van der Waals surface area contributed by atoms with E-state index in [-0.39, 0.29) is 5.91 Å². The molecule has 0 unspecified atom stereocenters. The molecule has 7 heteroatoms. The molecule has 0 atom stereocenters. The van der Waals surface area contributed by atoms with Crippen LogP contribution < -0.4 is 5.32 Å². The number of benzene rings is 3. The van der Waals surface area contributed by atoms with E-state index >= 15 is 0 Å². The van der Waals surface area contributed by atoms with E-state index in [0.29, 0.717) is 22.7 Å². The smallest absolute Gasteiger partial charge is 0.255 e. The fourth-order valence-corrected chi connectivity index (χ4v) is 4.01. The van der Waals surface area contributed by atoms with Crippen LogP contribution in [0.3, 0.4) is 0 Å². The summed E-state index contributed by atoms with van der Waals surface area (Å²) in [5, 5.41) is 18.5. The summed E-state index contributed by atoms with van der Waals surface area (Å²) in [5.41, 5.74) is 3.73. The number of hydrogen-bond donors (Lipinski definition) is 1. The van der Waals surface area contributed by atoms with Crippen molar-refractivity contribution in [3.05, 3.63) is 84.1 Å². The molecule has 31 heavy (non-hydrogen) atoms. The van der Waals surface area contributed by atoms with E-state index in [1.54, 1.807) is 16.3 Å². The monoisotopic (exact) mass is 425 g/mol. The van der Waals surface area contributed by atoms with Gasteiger partial charge in [-0.2, -0.15) is 9.61 Å². The Kier molecular flexibility index (Phi) is 4.88. The summed E-state index contributed by atoms with van der Waals surface area (Å²) in [5.74, 6) is 0.472. The molecule has 0 aliphatic carbocycles. The molecular formula is C24H19N5OS. The van der Waals surface area contributed by atoms with Crippen molar-refractivity contribution in [1.29, 1.82) is 0 Å². The minimum absolute atomic E-state index is 0.157. The van der Waals surface area contributed by atoms with Crippen molar-refractivity contribution in [2.24, 2.45) is 0 Å². The molecule has 2 heterocycles. The van der Waals surface area contributed by atoms with Crippen molar-refractivity contribution >= 4 is 39.8 Å². The molecule has 0 fully saturated rings. The van der Waals surface area contributed by atoms with Crippen LogP contribution in [0.4, 0.5) is 5.69 Å². The molecule has 0 aliphatic heterocycles. The molecule has 5 aromatic rings. The number of rotatable bonds is 4. The summed E-state index contributed by atoms with van der Waals surface area (Å²) in [6, 6.07) is 23.1. The predicted octanol–water partition coefficient (Wildman–Crippen LogP) is 5.23. The molecule has 3 aromatic carbocycles. The SMILES string of the molecule is CSc1ccc(C(=O)Nc2cccc(-c3nnc4c5ccccc5c(C)nn34)c2)cc1. The first kappa shape index (κ1) is 19.3. The molecule has 0 radical (unpaired) electrons. The number of nitrogens with one attached hydrogen (secondary N) is 1. The van der Waals surface area contributed by atoms with Gasteiger partial charge in [0.05, 0.1) is 5.69 Å². The molecule has 0 spiro atoms. The molecule has 6 nitrogen and oxygen atoms in total. The first-order valence-corrected chi connectivity index (χ1v) is 11.0. The third kappa shape index (κ3) is 3.53. The average Bonchev–Trinajstić information content (AvgIpc) is 3.23. The Morgan fingerprint density at radius 2 is 1.71 bits per heavy atom. The van der Waals surface area contributed by atoms with Crippen molar-refractivity contribution in [3.63, 3.8) is 0 Å². The second kappa shape index (κ2) is 7.85. The maximum atomic E-state index is 12.7. The van der Waals surface area contributed by atoms with Gasteiger partial charge in [-0.05, 0) is 49.6 Å². The Bertz CT molecular complexity index is 1430. The molecular weight excluding hydrogens is 406 g/mol. The van der Waals surface area contributed by atoms with Gasteiger partial charge in [-0.1, -0.05) is 36.4 Å². The van der Waals surface area contributed by atoms with Gasteiger partial charge in [0.25, 0.3) is 5.91 Å². The van der Waals surface area contributed by atoms with E-state index in [4.69, 9.17) is 5.10 Å². The number of aryl methyl sites for hydroxylation is 1. The zero-order chi connectivity index (χ0) is 21.4. The molecule has 1 amide bonds. The van der Waals surface area contributed by atoms with Gasteiger partial charge in [-0.3, -0.25) is 4.79 Å². The lowest BCUT2D eigenvalue weighted by molar-refractivity contribution is 0.102. The van der Waals surface area contributed by atoms with Crippen LogP contribution in [0.5, 0.6) is 0 Å². The van der Waals surface area contributed by atoms with E-state index in [9.17, 15) is 4.79 Å². The van der Waals surface area contributed by atoms with Crippen LogP contribution in [0.15, 0.2) is 77.7 Å². The number of hydrogen-bond acceptors (Lipinski definition) is 5. The zero-order valence-corrected chi connectivity index (χ0v) is 17.9. The van der Waals surface area contributed by atoms with E-state index in [0.717, 1.165) is 26.9 Å². The van der Waals surface area contributed by atoms with E-state index < -0.39 is 0 Å². The Labute approximate surface area is 183 Å². The molecule has 5 rings (SSSR count). The number of thioether (sulfide) groups is 1. The standard InChI is InChI=1S/C24H19N5OS/c1-15-20-8-3-4-9-21(20)23-27-26-22(29(23)28-15)17-6-5-7-18(14-17)25-24(30)16-10-12-19(31-2)13-11-16/h3-14H,1-2H3,(H,25,30). The molecule has 0 aliphatic rings. The van der Waals surface area contributed by atoms with Gasteiger partial charge in [0, 0.05) is 32.5 Å². The zero-order valence-electron chi connectivity index (χ0n) is 17.0. The normalized spacial score (nSPS) is 11.2. The maximum absolute atomic E-state index is 12.7. The number of anilines is 1. The summed E-state index contributed by atoms with van der Waals surface area (Å²) in [6.45, 7) is 1.98. The number of carbonyl (C=O) groups is 1. The van der Waals surface area contributed by atoms with Crippen molar-refractivity contribution in [3.8, 4) is 11.4 Å². The molecule has 2 aromatic heterocycles. The highest BCUT2D eigenvalue weighted by molar-refractivity contribution is 7.98. The van der Waals surface area contributed by atoms with Gasteiger partial charge >= 0.3 is 0 Å². The highest BCUT2D eigenvalue weighted by Crippen LogP contribution is 2.26. The van der Waals surface area contributed by atoms with Crippen LogP contribution in [0.25, 0.3) is 27.8 Å². The second-order valence-electron chi connectivity index (χ2n) is 7.15. The van der Waals surface area contributed by atoms with Gasteiger partial charge < -0.3 is 5.32 Å². The quantitative estimate of drug-likeness (QED) is 0.399. The number of nitrogens with zero attached hydrogens (tertiary/aromatic N) is 4. The fraction of sp³-hybridized carbons (Fsp3) is 0.0833. The third-order valence-electron chi connectivity index (χ3n) is 5.18. The van der Waals surface area contributed by atoms with Crippen molar-refractivity contribution in [2.45, 2.75) is 11.8 Å². The van der Waals surface area contributed by atoms with Crippen LogP contribution in [-0.2, 0) is 0 Å². The summed E-state index contributed by atoms with van der Waals surface area (Å²) in [7, 11) is 0. The number of carbonyl (C=O) groups excluding carboxylic acids is 1. The van der Waals surface area contributed by atoms with Crippen LogP contribution >= 0.6 is 11.8 Å². The average molecular weight is 426 g/mol. The van der Waals surface area contributed by atoms with Gasteiger partial charge in [0.2, 0.25) is 0 Å². The Morgan fingerprint density at radius 1 is 0.935 bits per heavy atom. The van der Waals surface area contributed by atoms with Crippen LogP contribution in [0, 0.1) is 6.92 Å². The lowest BCUT2D eigenvalue weighted by atomic mass is 10.1. The Hall–Kier alpha value is -3.71. The first-order chi connectivity index (χ1) is 15.1. The number of fused-ring (bicyclic) bond motifs is 3. The molecule has 0 saturated carbocycles. The highest BCUT2D eigenvalue weighted by atomic mass is 32.2. The van der Waals surface area contributed by atoms with Crippen molar-refractivity contribution in [2.75, 3.05) is 11.6 Å². The minimum atomic E-state index is -0.157. The molecule has 0 bridgehead atoms. The minimum Gasteiger partial charge on any atom is -0.322 e. The third-order valence-corrected chi connectivity index (χ3v) is 5.92. The maximum Gasteiger partial charge on any atom is 0.255 e. The van der Waals surface area contributed by atoms with Crippen LogP contribution in [-0.4, -0.2) is 32.0 Å². The highest BCUT2D eigenvalue weighted by Gasteiger charge is 2.14. The van der Waals surface area contributed by atoms with Gasteiger partial charge in [-0.15, -0.1) is 22.0 Å². The number of amides is 1. The van der Waals surface area contributed by atoms with Crippen molar-refractivity contribution in [1.82, 2.24) is 19.8 Å². The number of aromatic nitrogens is 4. The topological polar surface area (TPSA) is 72.2 Å². The lowest BCUT2D eigenvalue weighted by Gasteiger charge is -2.08. The summed E-state index contributed by atoms with van der Waals surface area (Å²) in [4.78, 5) is 13.8. The van der Waals surface area contributed by atoms with Crippen LogP contribution in [0.1, 0.15) is 16.1 Å². The summed E-state index contributed by atoms with van der Waals surface area (Å²) in [6.07, 6.45) is 2.01. The van der Waals surface area contributed by atoms with E-state index in [2.05, 4.69) is 15.5 Å². The first-order valence-electron chi connectivity index (χ1n) is 9.80. The van der Waals surface area contributed by atoms with Gasteiger partial charge in [0.15, 0.2) is 11.5 Å². The van der Waals surface area contributed by atoms with Crippen molar-refractivity contribution < 1.29 is 4.79 Å². The lowest BCUT2D eigenvalue weighted by Crippen LogP contribution is -2.11. The Morgan fingerprint density at radius 3 is 2.48 bits per heavy atom. The van der Waals surface area contributed by atoms with Gasteiger partial charge in [-0.25, -0.2) is 0 Å². The second-order valence-corrected chi connectivity index (χ2v) is 8.03. The van der Waals surface area contributed by atoms with Crippen LogP contribution in [0.2, 0.25) is 0 Å². The Balaban J connectivity index is 1.50. The van der Waals surface area contributed by atoms with E-state index in [1.807, 2.05) is 86.0 Å². The summed E-state index contributed by atoms with van der Waals surface area (Å²) >= 11 is 1.64. The molecule has 1 N–H and O–H groups in total. The largest absolute Gasteiger partial charge is 0.322 e. The molecule has 0 saturated heterocycles. The predicted molar refractivity (Wildman–Crippen MR) is 125 cm³/mol.